The van der Waals surface area contributed by atoms with E-state index in [-0.39, 0.29) is 16.8 Å². The molecular weight excluding hydrogens is 328 g/mol. The van der Waals surface area contributed by atoms with Gasteiger partial charge in [0, 0.05) is 24.8 Å². The van der Waals surface area contributed by atoms with Crippen LogP contribution in [0.4, 0.5) is 11.5 Å². The van der Waals surface area contributed by atoms with Gasteiger partial charge in [0.15, 0.2) is 0 Å². The monoisotopic (exact) mass is 354 g/mol. The Balaban J connectivity index is 1.81. The third-order valence-corrected chi connectivity index (χ3v) is 4.86. The smallest absolute Gasteiger partial charge is 0.314 e. The molecule has 2 heterocycles. The summed E-state index contributed by atoms with van der Waals surface area (Å²) in [6, 6.07) is 12.1. The number of hydrogen-bond donors (Lipinski definition) is 1. The summed E-state index contributed by atoms with van der Waals surface area (Å²) in [5, 5.41) is 15.0. The number of pyridine rings is 1. The summed E-state index contributed by atoms with van der Waals surface area (Å²) >= 11 is 0. The molecular formula is C20H26N4O2. The maximum Gasteiger partial charge on any atom is 0.314 e. The van der Waals surface area contributed by atoms with Crippen LogP contribution in [-0.4, -0.2) is 27.5 Å². The largest absolute Gasteiger partial charge is 0.349 e. The number of benzene rings is 1. The first-order chi connectivity index (χ1) is 12.7. The molecule has 6 nitrogen and oxygen atoms in total. The molecule has 1 aromatic carbocycles. The van der Waals surface area contributed by atoms with E-state index >= 15 is 0 Å². The van der Waals surface area contributed by atoms with Gasteiger partial charge in [-0.3, -0.25) is 15.0 Å². The van der Waals surface area contributed by atoms with Gasteiger partial charge in [0.05, 0.1) is 11.1 Å². The zero-order valence-corrected chi connectivity index (χ0v) is 15.2. The van der Waals surface area contributed by atoms with E-state index in [9.17, 15) is 10.1 Å². The van der Waals surface area contributed by atoms with Gasteiger partial charge in [0.2, 0.25) is 5.82 Å². The number of nitrogens with zero attached hydrogens (tertiary/aromatic N) is 3. The maximum atomic E-state index is 11.6. The summed E-state index contributed by atoms with van der Waals surface area (Å²) in [5.41, 5.74) is 2.13. The number of hydrogen-bond acceptors (Lipinski definition) is 5. The predicted octanol–water partition coefficient (Wildman–Crippen LogP) is 4.37. The van der Waals surface area contributed by atoms with E-state index in [1.807, 2.05) is 25.1 Å². The van der Waals surface area contributed by atoms with Gasteiger partial charge in [0.1, 0.15) is 0 Å². The Morgan fingerprint density at radius 2 is 2.08 bits per heavy atom. The van der Waals surface area contributed by atoms with Crippen LogP contribution in [0.15, 0.2) is 42.6 Å². The van der Waals surface area contributed by atoms with Crippen molar-refractivity contribution in [2.24, 2.45) is 0 Å². The molecule has 138 valence electrons. The molecule has 1 N–H and O–H groups in total. The van der Waals surface area contributed by atoms with Gasteiger partial charge < -0.3 is 5.32 Å². The van der Waals surface area contributed by atoms with Crippen molar-refractivity contribution < 1.29 is 4.92 Å². The summed E-state index contributed by atoms with van der Waals surface area (Å²) in [6.07, 6.45) is 6.52. The summed E-state index contributed by atoms with van der Waals surface area (Å²) < 4.78 is 0. The Kier molecular flexibility index (Phi) is 6.17. The van der Waals surface area contributed by atoms with Gasteiger partial charge >= 0.3 is 5.69 Å². The van der Waals surface area contributed by atoms with Crippen LogP contribution < -0.4 is 5.32 Å². The van der Waals surface area contributed by atoms with E-state index in [0.29, 0.717) is 12.2 Å². The average Bonchev–Trinajstić information content (AvgIpc) is 2.64. The average molecular weight is 354 g/mol. The number of aryl methyl sites for hydroxylation is 1. The molecule has 0 bridgehead atoms. The first-order valence-electron chi connectivity index (χ1n) is 9.36. The van der Waals surface area contributed by atoms with Crippen molar-refractivity contribution in [3.63, 3.8) is 0 Å². The molecule has 2 aromatic rings. The first-order valence-corrected chi connectivity index (χ1v) is 9.36. The first kappa shape index (κ1) is 18.3. The molecule has 1 saturated heterocycles. The summed E-state index contributed by atoms with van der Waals surface area (Å²) in [6.45, 7) is 3.84. The van der Waals surface area contributed by atoms with Crippen LogP contribution in [0.5, 0.6) is 0 Å². The van der Waals surface area contributed by atoms with Crippen LogP contribution in [0.2, 0.25) is 0 Å². The number of nitro groups is 1. The van der Waals surface area contributed by atoms with Crippen molar-refractivity contribution in [3.8, 4) is 0 Å². The molecule has 6 heteroatoms. The minimum absolute atomic E-state index is 0.0621. The highest BCUT2D eigenvalue weighted by Gasteiger charge is 2.27. The Morgan fingerprint density at radius 1 is 1.27 bits per heavy atom. The van der Waals surface area contributed by atoms with Crippen molar-refractivity contribution in [3.05, 3.63) is 63.8 Å². The fraction of sp³-hybridized carbons (Fsp3) is 0.450. The van der Waals surface area contributed by atoms with Gasteiger partial charge in [0.25, 0.3) is 0 Å². The van der Waals surface area contributed by atoms with E-state index in [1.54, 1.807) is 12.3 Å². The van der Waals surface area contributed by atoms with Crippen LogP contribution in [0.25, 0.3) is 0 Å². The lowest BCUT2D eigenvalue weighted by molar-refractivity contribution is -0.384. The molecule has 1 fully saturated rings. The SMILES string of the molecule is CCCc1ccnc(NC2CCCCN2Cc2ccccc2)c1[N+](=O)[O-]. The van der Waals surface area contributed by atoms with Crippen molar-refractivity contribution >= 4 is 11.5 Å². The molecule has 0 aliphatic carbocycles. The zero-order valence-electron chi connectivity index (χ0n) is 15.2. The Morgan fingerprint density at radius 3 is 2.81 bits per heavy atom. The molecule has 1 atom stereocenters. The van der Waals surface area contributed by atoms with E-state index < -0.39 is 0 Å². The fourth-order valence-electron chi connectivity index (χ4n) is 3.59. The minimum atomic E-state index is -0.301. The zero-order chi connectivity index (χ0) is 18.4. The van der Waals surface area contributed by atoms with E-state index in [1.165, 1.54) is 5.56 Å². The van der Waals surface area contributed by atoms with Crippen LogP contribution in [0.1, 0.15) is 43.7 Å². The van der Waals surface area contributed by atoms with Gasteiger partial charge in [-0.15, -0.1) is 0 Å². The Labute approximate surface area is 154 Å². The quantitative estimate of drug-likeness (QED) is 0.590. The molecule has 0 amide bonds. The van der Waals surface area contributed by atoms with Gasteiger partial charge in [-0.1, -0.05) is 43.7 Å². The summed E-state index contributed by atoms with van der Waals surface area (Å²) in [7, 11) is 0. The number of piperidine rings is 1. The van der Waals surface area contributed by atoms with Crippen LogP contribution >= 0.6 is 0 Å². The molecule has 1 aromatic heterocycles. The minimum Gasteiger partial charge on any atom is -0.349 e. The van der Waals surface area contributed by atoms with E-state index in [4.69, 9.17) is 0 Å². The lowest BCUT2D eigenvalue weighted by atomic mass is 10.1. The highest BCUT2D eigenvalue weighted by atomic mass is 16.6. The molecule has 0 radical (unpaired) electrons. The second-order valence-electron chi connectivity index (χ2n) is 6.79. The van der Waals surface area contributed by atoms with Crippen LogP contribution in [-0.2, 0) is 13.0 Å². The Hall–Kier alpha value is -2.47. The standard InChI is InChI=1S/C20H26N4O2/c1-2-8-17-12-13-21-20(19(17)24(25)26)22-18-11-6-7-14-23(18)15-16-9-4-3-5-10-16/h3-5,9-10,12-13,18H,2,6-8,11,14-15H2,1H3,(H,21,22). The predicted molar refractivity (Wildman–Crippen MR) is 103 cm³/mol. The van der Waals surface area contributed by atoms with Gasteiger partial charge in [-0.25, -0.2) is 4.98 Å². The topological polar surface area (TPSA) is 71.3 Å². The molecule has 1 aliphatic heterocycles. The normalized spacial score (nSPS) is 17.8. The van der Waals surface area contributed by atoms with E-state index in [0.717, 1.165) is 44.3 Å². The van der Waals surface area contributed by atoms with Crippen molar-refractivity contribution in [2.45, 2.75) is 51.7 Å². The van der Waals surface area contributed by atoms with Crippen molar-refractivity contribution in [1.29, 1.82) is 0 Å². The third-order valence-electron chi connectivity index (χ3n) is 4.86. The summed E-state index contributed by atoms with van der Waals surface area (Å²) in [5.74, 6) is 0.394. The number of rotatable bonds is 7. The number of anilines is 1. The number of nitrogens with one attached hydrogen (secondary N) is 1. The number of likely N-dealkylation sites (tertiary alicyclic amines) is 1. The van der Waals surface area contributed by atoms with E-state index in [2.05, 4.69) is 27.3 Å². The van der Waals surface area contributed by atoms with Gasteiger partial charge in [-0.05, 0) is 37.3 Å². The second-order valence-corrected chi connectivity index (χ2v) is 6.79. The number of aromatic nitrogens is 1. The fourth-order valence-corrected chi connectivity index (χ4v) is 3.59. The van der Waals surface area contributed by atoms with Crippen LogP contribution in [0.3, 0.4) is 0 Å². The molecule has 26 heavy (non-hydrogen) atoms. The molecule has 0 spiro atoms. The third kappa shape index (κ3) is 4.38. The second kappa shape index (κ2) is 8.76. The van der Waals surface area contributed by atoms with Crippen LogP contribution in [0, 0.1) is 10.1 Å². The highest BCUT2D eigenvalue weighted by molar-refractivity contribution is 5.60. The summed E-state index contributed by atoms with van der Waals surface area (Å²) in [4.78, 5) is 18.0. The lowest BCUT2D eigenvalue weighted by Gasteiger charge is -2.36. The molecule has 1 unspecified atom stereocenters. The van der Waals surface area contributed by atoms with Gasteiger partial charge in [-0.2, -0.15) is 0 Å². The Bertz CT molecular complexity index is 736. The lowest BCUT2D eigenvalue weighted by Crippen LogP contribution is -2.44. The van der Waals surface area contributed by atoms with Crippen molar-refractivity contribution in [2.75, 3.05) is 11.9 Å². The highest BCUT2D eigenvalue weighted by Crippen LogP contribution is 2.30. The van der Waals surface area contributed by atoms with Crippen molar-refractivity contribution in [1.82, 2.24) is 9.88 Å². The molecule has 0 saturated carbocycles. The molecule has 3 rings (SSSR count). The molecule has 1 aliphatic rings. The maximum absolute atomic E-state index is 11.6.